The lowest BCUT2D eigenvalue weighted by molar-refractivity contribution is -0.137. The van der Waals surface area contributed by atoms with Crippen molar-refractivity contribution in [2.45, 2.75) is 35.9 Å². The van der Waals surface area contributed by atoms with Gasteiger partial charge in [-0.2, -0.15) is 13.2 Å². The van der Waals surface area contributed by atoms with Crippen LogP contribution in [0.1, 0.15) is 35.2 Å². The van der Waals surface area contributed by atoms with Gasteiger partial charge >= 0.3 is 6.18 Å². The molecule has 0 unspecified atom stereocenters. The monoisotopic (exact) mass is 457 g/mol. The highest BCUT2D eigenvalue weighted by Gasteiger charge is 2.35. The Morgan fingerprint density at radius 3 is 2.29 bits per heavy atom. The van der Waals surface area contributed by atoms with E-state index < -0.39 is 33.3 Å². The van der Waals surface area contributed by atoms with E-state index in [0.717, 1.165) is 18.6 Å². The molecule has 7 nitrogen and oxygen atoms in total. The molecule has 2 aromatic rings. The van der Waals surface area contributed by atoms with E-state index in [2.05, 4.69) is 15.4 Å². The van der Waals surface area contributed by atoms with E-state index in [9.17, 15) is 31.5 Å². The molecule has 0 radical (unpaired) electrons. The highest BCUT2D eigenvalue weighted by Crippen LogP contribution is 2.32. The van der Waals surface area contributed by atoms with E-state index in [4.69, 9.17) is 0 Å². The van der Waals surface area contributed by atoms with Gasteiger partial charge in [0.05, 0.1) is 27.3 Å². The molecule has 1 aliphatic rings. The van der Waals surface area contributed by atoms with Crippen LogP contribution in [0.3, 0.4) is 0 Å². The van der Waals surface area contributed by atoms with Gasteiger partial charge in [0.2, 0.25) is 10.0 Å². The summed E-state index contributed by atoms with van der Waals surface area (Å²) in [5.41, 5.74) is -1.35. The largest absolute Gasteiger partial charge is 0.416 e. The zero-order chi connectivity index (χ0) is 22.9. The number of carbonyl (C=O) groups excluding carboxylic acids is 1. The van der Waals surface area contributed by atoms with Gasteiger partial charge in [-0.1, -0.05) is 0 Å². The van der Waals surface area contributed by atoms with Crippen LogP contribution in [0.4, 0.5) is 24.5 Å². The SMILES string of the molecule is CNS(=O)(=O)c1ccc(Nc2ccc(C(F)(F)F)cc2)c(C(=O)NCC2(O)CCC2)c1. The molecule has 0 aromatic heterocycles. The van der Waals surface area contributed by atoms with Crippen molar-refractivity contribution in [3.63, 3.8) is 0 Å². The van der Waals surface area contributed by atoms with Crippen molar-refractivity contribution in [3.05, 3.63) is 53.6 Å². The summed E-state index contributed by atoms with van der Waals surface area (Å²) in [7, 11) is -2.60. The molecule has 1 amide bonds. The maximum atomic E-state index is 12.8. The maximum absolute atomic E-state index is 12.8. The first-order valence-corrected chi connectivity index (χ1v) is 10.9. The van der Waals surface area contributed by atoms with Gasteiger partial charge in [-0.25, -0.2) is 13.1 Å². The van der Waals surface area contributed by atoms with Crippen molar-refractivity contribution >= 4 is 27.3 Å². The zero-order valence-corrected chi connectivity index (χ0v) is 17.4. The van der Waals surface area contributed by atoms with Crippen LogP contribution >= 0.6 is 0 Å². The Labute approximate surface area is 177 Å². The number of anilines is 2. The third-order valence-electron chi connectivity index (χ3n) is 5.17. The fourth-order valence-corrected chi connectivity index (χ4v) is 3.86. The molecule has 2 aromatic carbocycles. The predicted molar refractivity (Wildman–Crippen MR) is 109 cm³/mol. The minimum Gasteiger partial charge on any atom is -0.388 e. The zero-order valence-electron chi connectivity index (χ0n) is 16.6. The summed E-state index contributed by atoms with van der Waals surface area (Å²) in [6.07, 6.45) is -2.52. The topological polar surface area (TPSA) is 108 Å². The van der Waals surface area contributed by atoms with Gasteiger partial charge in [0.1, 0.15) is 0 Å². The molecular formula is C20H22F3N3O4S. The Morgan fingerprint density at radius 2 is 1.77 bits per heavy atom. The van der Waals surface area contributed by atoms with E-state index >= 15 is 0 Å². The number of amides is 1. The van der Waals surface area contributed by atoms with Gasteiger partial charge in [-0.15, -0.1) is 0 Å². The molecule has 0 spiro atoms. The van der Waals surface area contributed by atoms with Gasteiger partial charge < -0.3 is 15.7 Å². The van der Waals surface area contributed by atoms with Crippen LogP contribution < -0.4 is 15.4 Å². The quantitative estimate of drug-likeness (QED) is 0.511. The van der Waals surface area contributed by atoms with Gasteiger partial charge in [0, 0.05) is 12.2 Å². The van der Waals surface area contributed by atoms with Gasteiger partial charge in [0.15, 0.2) is 0 Å². The smallest absolute Gasteiger partial charge is 0.388 e. The lowest BCUT2D eigenvalue weighted by Gasteiger charge is -2.36. The number of aliphatic hydroxyl groups is 1. The Kier molecular flexibility index (Phi) is 6.30. The number of hydrogen-bond donors (Lipinski definition) is 4. The second-order valence-electron chi connectivity index (χ2n) is 7.38. The first-order chi connectivity index (χ1) is 14.4. The number of carbonyl (C=O) groups is 1. The van der Waals surface area contributed by atoms with Crippen molar-refractivity contribution in [1.29, 1.82) is 0 Å². The molecule has 0 heterocycles. The van der Waals surface area contributed by atoms with Crippen LogP contribution in [0.25, 0.3) is 0 Å². The molecule has 4 N–H and O–H groups in total. The second-order valence-corrected chi connectivity index (χ2v) is 9.26. The van der Waals surface area contributed by atoms with Gasteiger partial charge in [-0.3, -0.25) is 4.79 Å². The summed E-state index contributed by atoms with van der Waals surface area (Å²) in [4.78, 5) is 12.6. The minimum absolute atomic E-state index is 0.00849. The van der Waals surface area contributed by atoms with Crippen molar-refractivity contribution in [2.75, 3.05) is 18.9 Å². The van der Waals surface area contributed by atoms with Crippen molar-refractivity contribution in [3.8, 4) is 0 Å². The van der Waals surface area contributed by atoms with Crippen LogP contribution in [0.15, 0.2) is 47.4 Å². The summed E-state index contributed by atoms with van der Waals surface area (Å²) in [6, 6.07) is 8.00. The Hall–Kier alpha value is -2.63. The van der Waals surface area contributed by atoms with E-state index in [1.165, 1.54) is 37.4 Å². The summed E-state index contributed by atoms with van der Waals surface area (Å²) < 4.78 is 64.7. The summed E-state index contributed by atoms with van der Waals surface area (Å²) >= 11 is 0. The van der Waals surface area contributed by atoms with E-state index in [0.29, 0.717) is 12.8 Å². The average molecular weight is 457 g/mol. The predicted octanol–water partition coefficient (Wildman–Crippen LogP) is 3.00. The van der Waals surface area contributed by atoms with E-state index in [1.54, 1.807) is 0 Å². The highest BCUT2D eigenvalue weighted by molar-refractivity contribution is 7.89. The second kappa shape index (κ2) is 8.48. The number of nitrogens with one attached hydrogen (secondary N) is 3. The molecule has 1 fully saturated rings. The number of benzene rings is 2. The van der Waals surface area contributed by atoms with Crippen LogP contribution in [-0.2, 0) is 16.2 Å². The molecule has 0 bridgehead atoms. The first-order valence-electron chi connectivity index (χ1n) is 9.46. The third kappa shape index (κ3) is 5.35. The average Bonchev–Trinajstić information content (AvgIpc) is 2.70. The molecule has 11 heteroatoms. The lowest BCUT2D eigenvalue weighted by Crippen LogP contribution is -2.47. The summed E-state index contributed by atoms with van der Waals surface area (Å²) in [5, 5.41) is 15.6. The van der Waals surface area contributed by atoms with Gasteiger partial charge in [0.25, 0.3) is 5.91 Å². The molecule has 0 aliphatic heterocycles. The van der Waals surface area contributed by atoms with E-state index in [-0.39, 0.29) is 28.4 Å². The number of halogens is 3. The minimum atomic E-state index is -4.48. The van der Waals surface area contributed by atoms with Crippen molar-refractivity contribution < 1.29 is 31.5 Å². The molecule has 31 heavy (non-hydrogen) atoms. The molecule has 0 atom stereocenters. The van der Waals surface area contributed by atoms with Crippen LogP contribution in [0.2, 0.25) is 0 Å². The first kappa shape index (κ1) is 23.0. The van der Waals surface area contributed by atoms with Crippen LogP contribution in [0.5, 0.6) is 0 Å². The third-order valence-corrected chi connectivity index (χ3v) is 6.58. The Morgan fingerprint density at radius 1 is 1.13 bits per heavy atom. The maximum Gasteiger partial charge on any atom is 0.416 e. The fourth-order valence-electron chi connectivity index (χ4n) is 3.10. The molecule has 3 rings (SSSR count). The molecule has 1 saturated carbocycles. The Bertz CT molecular complexity index is 1070. The summed E-state index contributed by atoms with van der Waals surface area (Å²) in [5.74, 6) is -0.622. The standard InChI is InChI=1S/C20H22F3N3O4S/c1-24-31(29,30)15-7-8-17(26-14-5-3-13(4-6-14)20(21,22)23)16(11-15)18(27)25-12-19(28)9-2-10-19/h3-8,11,24,26,28H,2,9-10,12H2,1H3,(H,25,27). The normalized spacial score (nSPS) is 15.8. The van der Waals surface area contributed by atoms with Gasteiger partial charge in [-0.05, 0) is 68.8 Å². The Balaban J connectivity index is 1.90. The lowest BCUT2D eigenvalue weighted by atomic mass is 9.80. The van der Waals surface area contributed by atoms with E-state index in [1.807, 2.05) is 0 Å². The fraction of sp³-hybridized carbons (Fsp3) is 0.350. The number of alkyl halides is 3. The summed E-state index contributed by atoms with van der Waals surface area (Å²) in [6.45, 7) is 0.00849. The van der Waals surface area contributed by atoms with Crippen LogP contribution in [-0.4, -0.2) is 38.6 Å². The molecule has 0 saturated heterocycles. The number of hydrogen-bond acceptors (Lipinski definition) is 5. The molecule has 1 aliphatic carbocycles. The highest BCUT2D eigenvalue weighted by atomic mass is 32.2. The molecular weight excluding hydrogens is 435 g/mol. The van der Waals surface area contributed by atoms with Crippen molar-refractivity contribution in [2.24, 2.45) is 0 Å². The molecule has 168 valence electrons. The van der Waals surface area contributed by atoms with Crippen LogP contribution in [0, 0.1) is 0 Å². The number of rotatable bonds is 7. The number of sulfonamides is 1. The van der Waals surface area contributed by atoms with Crippen molar-refractivity contribution in [1.82, 2.24) is 10.0 Å².